The van der Waals surface area contributed by atoms with Crippen LogP contribution < -0.4 is 0 Å². The van der Waals surface area contributed by atoms with Crippen molar-refractivity contribution in [3.8, 4) is 0 Å². The van der Waals surface area contributed by atoms with Crippen molar-refractivity contribution in [1.82, 2.24) is 19.9 Å². The zero-order valence-electron chi connectivity index (χ0n) is 12.0. The molecule has 0 bridgehead atoms. The Morgan fingerprint density at radius 1 is 1.18 bits per heavy atom. The molecule has 0 radical (unpaired) electrons. The normalized spacial score (nSPS) is 15.0. The Balaban J connectivity index is 1.64. The van der Waals surface area contributed by atoms with Crippen LogP contribution in [0.2, 0.25) is 5.02 Å². The predicted molar refractivity (Wildman–Crippen MR) is 86.6 cm³/mol. The molecule has 0 saturated carbocycles. The maximum atomic E-state index is 6.27. The molecule has 0 aliphatic carbocycles. The molecule has 3 aromatic rings. The number of hydrogen-bond donors (Lipinski definition) is 0. The van der Waals surface area contributed by atoms with E-state index in [1.807, 2.05) is 30.6 Å². The van der Waals surface area contributed by atoms with Gasteiger partial charge in [0.15, 0.2) is 0 Å². The molecule has 22 heavy (non-hydrogen) atoms. The van der Waals surface area contributed by atoms with Gasteiger partial charge in [-0.3, -0.25) is 9.88 Å². The first-order chi connectivity index (χ1) is 10.8. The highest BCUT2D eigenvalue weighted by Crippen LogP contribution is 2.26. The summed E-state index contributed by atoms with van der Waals surface area (Å²) >= 11 is 6.27. The van der Waals surface area contributed by atoms with Crippen LogP contribution in [-0.4, -0.2) is 26.4 Å². The van der Waals surface area contributed by atoms with Gasteiger partial charge in [0.05, 0.1) is 11.2 Å². The fraction of sp³-hybridized carbons (Fsp3) is 0.235. The second kappa shape index (κ2) is 5.63. The van der Waals surface area contributed by atoms with Gasteiger partial charge in [-0.25, -0.2) is 9.97 Å². The van der Waals surface area contributed by atoms with E-state index in [1.54, 1.807) is 6.33 Å². The van der Waals surface area contributed by atoms with Crippen molar-refractivity contribution >= 4 is 22.5 Å². The third kappa shape index (κ3) is 2.45. The van der Waals surface area contributed by atoms with Gasteiger partial charge in [0.1, 0.15) is 6.33 Å². The number of aromatic nitrogens is 3. The van der Waals surface area contributed by atoms with E-state index in [0.717, 1.165) is 47.7 Å². The molecule has 0 fully saturated rings. The first-order valence-corrected chi connectivity index (χ1v) is 7.71. The molecule has 0 unspecified atom stereocenters. The molecule has 5 heteroatoms. The van der Waals surface area contributed by atoms with E-state index < -0.39 is 0 Å². The number of hydrogen-bond acceptors (Lipinski definition) is 4. The smallest absolute Gasteiger partial charge is 0.115 e. The maximum absolute atomic E-state index is 6.27. The zero-order chi connectivity index (χ0) is 14.9. The fourth-order valence-electron chi connectivity index (χ4n) is 3.00. The topological polar surface area (TPSA) is 41.9 Å². The molecule has 2 aromatic heterocycles. The summed E-state index contributed by atoms with van der Waals surface area (Å²) in [6.07, 6.45) is 6.37. The highest BCUT2D eigenvalue weighted by atomic mass is 35.5. The third-order valence-electron chi connectivity index (χ3n) is 4.15. The van der Waals surface area contributed by atoms with E-state index in [9.17, 15) is 0 Å². The van der Waals surface area contributed by atoms with E-state index in [4.69, 9.17) is 11.6 Å². The molecule has 1 aliphatic rings. The van der Waals surface area contributed by atoms with Crippen LogP contribution in [0, 0.1) is 0 Å². The van der Waals surface area contributed by atoms with Gasteiger partial charge >= 0.3 is 0 Å². The standard InChI is InChI=1S/C17H15ClN4/c18-15-4-3-13(17-14(15)2-1-6-20-17)9-22-7-5-12-8-19-11-21-16(12)10-22/h1-4,6,8,11H,5,7,9-10H2. The van der Waals surface area contributed by atoms with Crippen molar-refractivity contribution in [2.24, 2.45) is 0 Å². The Labute approximate surface area is 133 Å². The molecule has 0 spiro atoms. The molecular formula is C17H15ClN4. The Bertz CT molecular complexity index is 834. The summed E-state index contributed by atoms with van der Waals surface area (Å²) in [4.78, 5) is 15.4. The number of rotatable bonds is 2. The van der Waals surface area contributed by atoms with Crippen LogP contribution >= 0.6 is 11.6 Å². The maximum Gasteiger partial charge on any atom is 0.115 e. The van der Waals surface area contributed by atoms with Gasteiger partial charge in [-0.15, -0.1) is 0 Å². The zero-order valence-corrected chi connectivity index (χ0v) is 12.8. The number of halogens is 1. The van der Waals surface area contributed by atoms with Crippen LogP contribution in [-0.2, 0) is 19.5 Å². The summed E-state index contributed by atoms with van der Waals surface area (Å²) in [6.45, 7) is 2.72. The van der Waals surface area contributed by atoms with Crippen molar-refractivity contribution < 1.29 is 0 Å². The molecular weight excluding hydrogens is 296 g/mol. The highest BCUT2D eigenvalue weighted by molar-refractivity contribution is 6.35. The summed E-state index contributed by atoms with van der Waals surface area (Å²) in [5.74, 6) is 0. The summed E-state index contributed by atoms with van der Waals surface area (Å²) in [5.41, 5.74) is 4.59. The van der Waals surface area contributed by atoms with Gasteiger partial charge < -0.3 is 0 Å². The van der Waals surface area contributed by atoms with Crippen molar-refractivity contribution in [1.29, 1.82) is 0 Å². The minimum Gasteiger partial charge on any atom is -0.293 e. The molecule has 4 nitrogen and oxygen atoms in total. The fourth-order valence-corrected chi connectivity index (χ4v) is 3.22. The number of pyridine rings is 1. The molecule has 0 atom stereocenters. The lowest BCUT2D eigenvalue weighted by molar-refractivity contribution is 0.242. The van der Waals surface area contributed by atoms with Crippen LogP contribution in [0.3, 0.4) is 0 Å². The lowest BCUT2D eigenvalue weighted by Gasteiger charge is -2.27. The lowest BCUT2D eigenvalue weighted by atomic mass is 10.0. The predicted octanol–water partition coefficient (Wildman–Crippen LogP) is 3.24. The molecule has 0 saturated heterocycles. The second-order valence-corrected chi connectivity index (χ2v) is 5.97. The Morgan fingerprint density at radius 2 is 2.14 bits per heavy atom. The molecule has 110 valence electrons. The largest absolute Gasteiger partial charge is 0.293 e. The van der Waals surface area contributed by atoms with Gasteiger partial charge in [0.25, 0.3) is 0 Å². The molecule has 0 amide bonds. The van der Waals surface area contributed by atoms with Crippen molar-refractivity contribution in [3.63, 3.8) is 0 Å². The van der Waals surface area contributed by atoms with Gasteiger partial charge in [-0.1, -0.05) is 17.7 Å². The second-order valence-electron chi connectivity index (χ2n) is 5.56. The Hall–Kier alpha value is -2.04. The molecule has 1 aromatic carbocycles. The third-order valence-corrected chi connectivity index (χ3v) is 4.48. The highest BCUT2D eigenvalue weighted by Gasteiger charge is 2.18. The van der Waals surface area contributed by atoms with Gasteiger partial charge in [0, 0.05) is 42.4 Å². The van der Waals surface area contributed by atoms with E-state index in [2.05, 4.69) is 25.9 Å². The van der Waals surface area contributed by atoms with E-state index in [0.29, 0.717) is 0 Å². The summed E-state index contributed by atoms with van der Waals surface area (Å²) in [5, 5.41) is 1.77. The lowest BCUT2D eigenvalue weighted by Crippen LogP contribution is -2.31. The van der Waals surface area contributed by atoms with Crippen molar-refractivity contribution in [3.05, 3.63) is 64.8 Å². The van der Waals surface area contributed by atoms with Gasteiger partial charge in [-0.05, 0) is 35.7 Å². The Morgan fingerprint density at radius 3 is 3.09 bits per heavy atom. The summed E-state index contributed by atoms with van der Waals surface area (Å²) in [6, 6.07) is 7.98. The number of benzene rings is 1. The monoisotopic (exact) mass is 310 g/mol. The van der Waals surface area contributed by atoms with Crippen LogP contribution in [0.1, 0.15) is 16.8 Å². The van der Waals surface area contributed by atoms with Gasteiger partial charge in [-0.2, -0.15) is 0 Å². The number of nitrogens with zero attached hydrogens (tertiary/aromatic N) is 4. The van der Waals surface area contributed by atoms with E-state index in [1.165, 1.54) is 11.1 Å². The first kappa shape index (κ1) is 13.6. The van der Waals surface area contributed by atoms with Crippen LogP contribution in [0.4, 0.5) is 0 Å². The quantitative estimate of drug-likeness (QED) is 0.729. The van der Waals surface area contributed by atoms with Crippen molar-refractivity contribution in [2.45, 2.75) is 19.5 Å². The van der Waals surface area contributed by atoms with E-state index >= 15 is 0 Å². The average molecular weight is 311 g/mol. The first-order valence-electron chi connectivity index (χ1n) is 7.33. The van der Waals surface area contributed by atoms with Crippen LogP contribution in [0.5, 0.6) is 0 Å². The van der Waals surface area contributed by atoms with E-state index in [-0.39, 0.29) is 0 Å². The molecule has 1 aliphatic heterocycles. The minimum absolute atomic E-state index is 0.753. The SMILES string of the molecule is Clc1ccc(CN2CCc3cncnc3C2)c2ncccc12. The minimum atomic E-state index is 0.753. The number of fused-ring (bicyclic) bond motifs is 2. The van der Waals surface area contributed by atoms with Gasteiger partial charge in [0.2, 0.25) is 0 Å². The summed E-state index contributed by atoms with van der Waals surface area (Å²) < 4.78 is 0. The molecule has 3 heterocycles. The average Bonchev–Trinajstić information content (AvgIpc) is 2.58. The molecule has 4 rings (SSSR count). The molecule has 0 N–H and O–H groups in total. The Kier molecular flexibility index (Phi) is 3.48. The van der Waals surface area contributed by atoms with Crippen LogP contribution in [0.25, 0.3) is 10.9 Å². The summed E-state index contributed by atoms with van der Waals surface area (Å²) in [7, 11) is 0. The van der Waals surface area contributed by atoms with Crippen molar-refractivity contribution in [2.75, 3.05) is 6.54 Å². The van der Waals surface area contributed by atoms with Crippen LogP contribution in [0.15, 0.2) is 43.0 Å².